The van der Waals surface area contributed by atoms with E-state index in [2.05, 4.69) is 9.80 Å². The van der Waals surface area contributed by atoms with Gasteiger partial charge in [0.2, 0.25) is 5.82 Å². The van der Waals surface area contributed by atoms with Gasteiger partial charge in [0.15, 0.2) is 0 Å². The van der Waals surface area contributed by atoms with E-state index in [1.54, 1.807) is 6.07 Å². The van der Waals surface area contributed by atoms with Crippen molar-refractivity contribution in [3.63, 3.8) is 0 Å². The molecule has 6 heteroatoms. The zero-order valence-corrected chi connectivity index (χ0v) is 12.0. The summed E-state index contributed by atoms with van der Waals surface area (Å²) in [7, 11) is 0. The Labute approximate surface area is 123 Å². The molecule has 1 aromatic carbocycles. The van der Waals surface area contributed by atoms with Crippen LogP contribution < -0.4 is 0 Å². The van der Waals surface area contributed by atoms with Crippen LogP contribution in [0.1, 0.15) is 24.8 Å². The molecule has 0 N–H and O–H groups in total. The van der Waals surface area contributed by atoms with Gasteiger partial charge < -0.3 is 0 Å². The van der Waals surface area contributed by atoms with Crippen molar-refractivity contribution in [1.82, 2.24) is 9.80 Å². The Hall–Kier alpha value is -1.53. The fraction of sp³-hybridized carbons (Fsp3) is 0.600. The molecule has 1 atom stereocenters. The molecule has 2 heterocycles. The van der Waals surface area contributed by atoms with Crippen molar-refractivity contribution in [2.24, 2.45) is 0 Å². The highest BCUT2D eigenvalue weighted by Gasteiger charge is 2.29. The highest BCUT2D eigenvalue weighted by Crippen LogP contribution is 2.23. The van der Waals surface area contributed by atoms with Crippen molar-refractivity contribution in [3.8, 4) is 0 Å². The van der Waals surface area contributed by atoms with E-state index < -0.39 is 16.4 Å². The Bertz CT molecular complexity index is 532. The molecular formula is C15H20FN3O2. The molecule has 114 valence electrons. The van der Waals surface area contributed by atoms with Gasteiger partial charge in [0.1, 0.15) is 0 Å². The fourth-order valence-corrected chi connectivity index (χ4v) is 3.42. The summed E-state index contributed by atoms with van der Waals surface area (Å²) in [4.78, 5) is 14.8. The molecule has 2 fully saturated rings. The molecule has 5 nitrogen and oxygen atoms in total. The molecule has 1 aromatic rings. The predicted octanol–water partition coefficient (Wildman–Crippen LogP) is 2.40. The summed E-state index contributed by atoms with van der Waals surface area (Å²) in [6, 6.07) is 4.83. The van der Waals surface area contributed by atoms with E-state index >= 15 is 0 Å². The minimum atomic E-state index is -0.743. The van der Waals surface area contributed by atoms with Crippen molar-refractivity contribution >= 4 is 5.69 Å². The van der Waals surface area contributed by atoms with Crippen LogP contribution in [0.5, 0.6) is 0 Å². The van der Waals surface area contributed by atoms with Gasteiger partial charge in [-0.25, -0.2) is 0 Å². The number of hydrogen-bond acceptors (Lipinski definition) is 4. The summed E-state index contributed by atoms with van der Waals surface area (Å²) in [5.41, 5.74) is 0.357. The molecule has 2 aliphatic heterocycles. The molecule has 21 heavy (non-hydrogen) atoms. The quantitative estimate of drug-likeness (QED) is 0.632. The third-order valence-electron chi connectivity index (χ3n) is 4.52. The van der Waals surface area contributed by atoms with Crippen LogP contribution >= 0.6 is 0 Å². The Kier molecular flexibility index (Phi) is 4.17. The van der Waals surface area contributed by atoms with Gasteiger partial charge in [-0.15, -0.1) is 0 Å². The molecular weight excluding hydrogens is 273 g/mol. The van der Waals surface area contributed by atoms with E-state index in [1.807, 2.05) is 0 Å². The monoisotopic (exact) mass is 293 g/mol. The molecule has 0 saturated carbocycles. The normalized spacial score (nSPS) is 23.8. The highest BCUT2D eigenvalue weighted by molar-refractivity contribution is 5.35. The second-order valence-electron chi connectivity index (χ2n) is 5.96. The number of halogens is 1. The van der Waals surface area contributed by atoms with Crippen LogP contribution in [0, 0.1) is 15.9 Å². The number of nitro benzene ring substituents is 1. The first-order valence-electron chi connectivity index (χ1n) is 7.53. The molecule has 0 radical (unpaired) electrons. The average Bonchev–Trinajstić information content (AvgIpc) is 3.08. The lowest BCUT2D eigenvalue weighted by atomic mass is 10.2. The maximum absolute atomic E-state index is 13.6. The third kappa shape index (κ3) is 3.22. The van der Waals surface area contributed by atoms with Crippen LogP contribution in [-0.4, -0.2) is 46.9 Å². The van der Waals surface area contributed by atoms with Gasteiger partial charge >= 0.3 is 5.69 Å². The number of benzene rings is 1. The Morgan fingerprint density at radius 3 is 2.71 bits per heavy atom. The van der Waals surface area contributed by atoms with Crippen molar-refractivity contribution in [3.05, 3.63) is 39.7 Å². The minimum Gasteiger partial charge on any atom is -0.299 e. The van der Waals surface area contributed by atoms with Crippen LogP contribution in [0.15, 0.2) is 18.2 Å². The van der Waals surface area contributed by atoms with Crippen molar-refractivity contribution in [1.29, 1.82) is 0 Å². The molecule has 0 aromatic heterocycles. The van der Waals surface area contributed by atoms with Crippen molar-refractivity contribution < 1.29 is 9.31 Å². The standard InChI is InChI=1S/C15H20FN3O2/c16-14-9-12(3-4-15(14)19(20)21)10-17-8-5-13(11-17)18-6-1-2-7-18/h3-4,9,13H,1-2,5-8,10-11H2. The van der Waals surface area contributed by atoms with Crippen LogP contribution in [-0.2, 0) is 6.54 Å². The van der Waals surface area contributed by atoms with Gasteiger partial charge in [-0.2, -0.15) is 4.39 Å². The van der Waals surface area contributed by atoms with Crippen LogP contribution in [0.3, 0.4) is 0 Å². The van der Waals surface area contributed by atoms with Gasteiger partial charge in [0.25, 0.3) is 0 Å². The largest absolute Gasteiger partial charge is 0.304 e. The summed E-state index contributed by atoms with van der Waals surface area (Å²) < 4.78 is 13.6. The smallest absolute Gasteiger partial charge is 0.299 e. The lowest BCUT2D eigenvalue weighted by Crippen LogP contribution is -2.35. The topological polar surface area (TPSA) is 49.6 Å². The van der Waals surface area contributed by atoms with Gasteiger partial charge in [-0.1, -0.05) is 6.07 Å². The summed E-state index contributed by atoms with van der Waals surface area (Å²) in [5.74, 6) is -0.743. The summed E-state index contributed by atoms with van der Waals surface area (Å²) in [5, 5.41) is 10.6. The lowest BCUT2D eigenvalue weighted by molar-refractivity contribution is -0.387. The van der Waals surface area contributed by atoms with E-state index in [0.29, 0.717) is 12.6 Å². The summed E-state index contributed by atoms with van der Waals surface area (Å²) >= 11 is 0. The lowest BCUT2D eigenvalue weighted by Gasteiger charge is -2.23. The van der Waals surface area contributed by atoms with E-state index in [0.717, 1.165) is 25.1 Å². The number of nitrogens with zero attached hydrogens (tertiary/aromatic N) is 3. The summed E-state index contributed by atoms with van der Waals surface area (Å²) in [6.45, 7) is 5.09. The van der Waals surface area contributed by atoms with Gasteiger partial charge in [-0.3, -0.25) is 19.9 Å². The Morgan fingerprint density at radius 2 is 2.05 bits per heavy atom. The molecule has 0 bridgehead atoms. The maximum Gasteiger partial charge on any atom is 0.304 e. The van der Waals surface area contributed by atoms with E-state index in [4.69, 9.17) is 0 Å². The third-order valence-corrected chi connectivity index (χ3v) is 4.52. The number of rotatable bonds is 4. The molecule has 0 aliphatic carbocycles. The second-order valence-corrected chi connectivity index (χ2v) is 5.96. The molecule has 2 saturated heterocycles. The maximum atomic E-state index is 13.6. The first kappa shape index (κ1) is 14.4. The van der Waals surface area contributed by atoms with E-state index in [9.17, 15) is 14.5 Å². The molecule has 0 amide bonds. The first-order valence-corrected chi connectivity index (χ1v) is 7.53. The zero-order valence-electron chi connectivity index (χ0n) is 12.0. The first-order chi connectivity index (χ1) is 10.1. The van der Waals surface area contributed by atoms with Gasteiger partial charge in [0.05, 0.1) is 4.92 Å². The van der Waals surface area contributed by atoms with Crippen LogP contribution in [0.2, 0.25) is 0 Å². The SMILES string of the molecule is O=[N+]([O-])c1ccc(CN2CCC(N3CCCC3)C2)cc1F. The van der Waals surface area contributed by atoms with Crippen LogP contribution in [0.4, 0.5) is 10.1 Å². The van der Waals surface area contributed by atoms with E-state index in [1.165, 1.54) is 38.1 Å². The molecule has 2 aliphatic rings. The fourth-order valence-electron chi connectivity index (χ4n) is 3.42. The van der Waals surface area contributed by atoms with Gasteiger partial charge in [0, 0.05) is 31.7 Å². The molecule has 3 rings (SSSR count). The van der Waals surface area contributed by atoms with Crippen molar-refractivity contribution in [2.75, 3.05) is 26.2 Å². The van der Waals surface area contributed by atoms with Gasteiger partial charge in [-0.05, 0) is 44.0 Å². The number of likely N-dealkylation sites (tertiary alicyclic amines) is 2. The van der Waals surface area contributed by atoms with E-state index in [-0.39, 0.29) is 0 Å². The average molecular weight is 293 g/mol. The Morgan fingerprint density at radius 1 is 1.29 bits per heavy atom. The van der Waals surface area contributed by atoms with Crippen molar-refractivity contribution in [2.45, 2.75) is 31.8 Å². The Balaban J connectivity index is 1.60. The minimum absolute atomic E-state index is 0.449. The number of nitro groups is 1. The highest BCUT2D eigenvalue weighted by atomic mass is 19.1. The van der Waals surface area contributed by atoms with Crippen LogP contribution in [0.25, 0.3) is 0 Å². The number of hydrogen-bond donors (Lipinski definition) is 0. The molecule has 1 unspecified atom stereocenters. The molecule has 0 spiro atoms. The predicted molar refractivity (Wildman–Crippen MR) is 77.5 cm³/mol. The second kappa shape index (κ2) is 6.07. The zero-order chi connectivity index (χ0) is 14.8. The summed E-state index contributed by atoms with van der Waals surface area (Å²) in [6.07, 6.45) is 3.75.